The molecule has 2 aromatic rings. The molecule has 0 unspecified atom stereocenters. The van der Waals surface area contributed by atoms with Crippen molar-refractivity contribution < 1.29 is 27.5 Å². The second-order valence-corrected chi connectivity index (χ2v) is 10.8. The minimum Gasteiger partial charge on any atom is -0.495 e. The summed E-state index contributed by atoms with van der Waals surface area (Å²) in [5.41, 5.74) is 0.288. The molecule has 1 saturated carbocycles. The molecule has 1 saturated heterocycles. The lowest BCUT2D eigenvalue weighted by molar-refractivity contribution is -0.143. The summed E-state index contributed by atoms with van der Waals surface area (Å²) < 4.78 is 33.5. The Bertz CT molecular complexity index is 1350. The summed E-state index contributed by atoms with van der Waals surface area (Å²) >= 11 is 6.19. The average molecular weight is 516 g/mol. The first-order chi connectivity index (χ1) is 16.7. The topological polar surface area (TPSA) is 122 Å². The van der Waals surface area contributed by atoms with Gasteiger partial charge in [-0.25, -0.2) is 8.42 Å². The van der Waals surface area contributed by atoms with Gasteiger partial charge in [-0.3, -0.25) is 24.0 Å². The van der Waals surface area contributed by atoms with Crippen molar-refractivity contribution in [2.24, 2.45) is 23.7 Å². The molecule has 2 fully saturated rings. The molecule has 35 heavy (non-hydrogen) atoms. The SMILES string of the molecule is COc1ccccc1NS(=O)(=O)c1ccc(Cl)c(NC(=O)CN2C(=O)[C@@H]3[C@H](C2=O)[C@@H]2C=C[C@H]3C2)c1. The second-order valence-electron chi connectivity index (χ2n) is 8.76. The third kappa shape index (κ3) is 4.06. The Hall–Kier alpha value is -3.37. The van der Waals surface area contributed by atoms with E-state index in [1.54, 1.807) is 24.3 Å². The Balaban J connectivity index is 1.31. The smallest absolute Gasteiger partial charge is 0.262 e. The Morgan fingerprint density at radius 3 is 2.37 bits per heavy atom. The lowest BCUT2D eigenvalue weighted by atomic mass is 9.85. The monoisotopic (exact) mass is 515 g/mol. The number of carbonyl (C=O) groups excluding carboxylic acids is 3. The van der Waals surface area contributed by atoms with Crippen molar-refractivity contribution in [3.05, 3.63) is 59.6 Å². The van der Waals surface area contributed by atoms with E-state index in [1.165, 1.54) is 25.3 Å². The van der Waals surface area contributed by atoms with Crippen molar-refractivity contribution in [1.82, 2.24) is 4.90 Å². The van der Waals surface area contributed by atoms with E-state index in [0.29, 0.717) is 5.75 Å². The first kappa shape index (κ1) is 23.4. The van der Waals surface area contributed by atoms with Gasteiger partial charge in [0.05, 0.1) is 40.2 Å². The van der Waals surface area contributed by atoms with Crippen LogP contribution in [0.4, 0.5) is 11.4 Å². The molecule has 1 heterocycles. The number of para-hydroxylation sites is 2. The highest BCUT2D eigenvalue weighted by Crippen LogP contribution is 2.52. The van der Waals surface area contributed by atoms with Crippen LogP contribution in [0.3, 0.4) is 0 Å². The van der Waals surface area contributed by atoms with Crippen molar-refractivity contribution in [2.45, 2.75) is 11.3 Å². The molecule has 2 aliphatic carbocycles. The van der Waals surface area contributed by atoms with Gasteiger partial charge in [0, 0.05) is 0 Å². The molecule has 2 aromatic carbocycles. The van der Waals surface area contributed by atoms with Crippen LogP contribution in [0.15, 0.2) is 59.5 Å². The highest BCUT2D eigenvalue weighted by atomic mass is 35.5. The fourth-order valence-electron chi connectivity index (χ4n) is 5.15. The first-order valence-corrected chi connectivity index (χ1v) is 12.8. The van der Waals surface area contributed by atoms with Crippen LogP contribution >= 0.6 is 11.6 Å². The zero-order chi connectivity index (χ0) is 24.9. The van der Waals surface area contributed by atoms with Crippen molar-refractivity contribution >= 4 is 50.7 Å². The number of methoxy groups -OCH3 is 1. The third-order valence-corrected chi connectivity index (χ3v) is 8.43. The number of hydrogen-bond donors (Lipinski definition) is 2. The van der Waals surface area contributed by atoms with E-state index in [2.05, 4.69) is 10.0 Å². The van der Waals surface area contributed by atoms with Crippen LogP contribution in [-0.2, 0) is 24.4 Å². The molecule has 3 aliphatic rings. The molecule has 0 spiro atoms. The summed E-state index contributed by atoms with van der Waals surface area (Å²) in [5.74, 6) is -1.70. The largest absolute Gasteiger partial charge is 0.495 e. The van der Waals surface area contributed by atoms with E-state index in [1.807, 2.05) is 12.2 Å². The Labute approximate surface area is 207 Å². The summed E-state index contributed by atoms with van der Waals surface area (Å²) in [6.07, 6.45) is 4.75. The Kier molecular flexibility index (Phi) is 5.80. The van der Waals surface area contributed by atoms with Crippen LogP contribution in [0, 0.1) is 23.7 Å². The van der Waals surface area contributed by atoms with Crippen molar-refractivity contribution in [2.75, 3.05) is 23.7 Å². The number of halogens is 1. The molecule has 2 N–H and O–H groups in total. The second kappa shape index (κ2) is 8.69. The number of benzene rings is 2. The standard InChI is InChI=1S/C24H22ClN3O6S/c1-34-19-5-3-2-4-17(19)27-35(32,33)15-8-9-16(25)18(11-15)26-20(29)12-28-23(30)21-13-6-7-14(10-13)22(21)24(28)31/h2-9,11,13-14,21-22,27H,10,12H2,1H3,(H,26,29)/t13-,14+,21-,22+. The van der Waals surface area contributed by atoms with E-state index in [0.717, 1.165) is 11.3 Å². The number of amides is 3. The van der Waals surface area contributed by atoms with Crippen LogP contribution in [0.2, 0.25) is 5.02 Å². The Morgan fingerprint density at radius 1 is 1.06 bits per heavy atom. The van der Waals surface area contributed by atoms with E-state index < -0.39 is 34.3 Å². The highest BCUT2D eigenvalue weighted by Gasteiger charge is 2.59. The van der Waals surface area contributed by atoms with Gasteiger partial charge in [0.15, 0.2) is 0 Å². The molecule has 182 valence electrons. The van der Waals surface area contributed by atoms with Gasteiger partial charge >= 0.3 is 0 Å². The number of imide groups is 1. The quantitative estimate of drug-likeness (QED) is 0.432. The normalized spacial score (nSPS) is 24.6. The number of likely N-dealkylation sites (tertiary alicyclic amines) is 1. The van der Waals surface area contributed by atoms with Gasteiger partial charge in [0.25, 0.3) is 10.0 Å². The van der Waals surface area contributed by atoms with Gasteiger partial charge in [-0.15, -0.1) is 0 Å². The number of allylic oxidation sites excluding steroid dienone is 2. The molecule has 3 amide bonds. The molecular formula is C24H22ClN3O6S. The number of hydrogen-bond acceptors (Lipinski definition) is 6. The molecule has 11 heteroatoms. The third-order valence-electron chi connectivity index (χ3n) is 6.74. The van der Waals surface area contributed by atoms with E-state index in [9.17, 15) is 22.8 Å². The summed E-state index contributed by atoms with van der Waals surface area (Å²) in [6, 6.07) is 10.4. The van der Waals surface area contributed by atoms with Gasteiger partial charge in [0.1, 0.15) is 12.3 Å². The van der Waals surface area contributed by atoms with Crippen LogP contribution in [0.5, 0.6) is 5.75 Å². The van der Waals surface area contributed by atoms with Gasteiger partial charge in [-0.05, 0) is 48.6 Å². The van der Waals surface area contributed by atoms with Crippen LogP contribution < -0.4 is 14.8 Å². The number of fused-ring (bicyclic) bond motifs is 5. The van der Waals surface area contributed by atoms with Crippen molar-refractivity contribution in [3.63, 3.8) is 0 Å². The molecule has 4 atom stereocenters. The molecule has 9 nitrogen and oxygen atoms in total. The summed E-state index contributed by atoms with van der Waals surface area (Å²) in [7, 11) is -2.62. The summed E-state index contributed by atoms with van der Waals surface area (Å²) in [4.78, 5) is 39.2. The number of ether oxygens (including phenoxy) is 1. The minimum absolute atomic E-state index is 0.0422. The maximum atomic E-state index is 12.9. The minimum atomic E-state index is -4.04. The molecular weight excluding hydrogens is 494 g/mol. The van der Waals surface area contributed by atoms with Gasteiger partial charge in [-0.2, -0.15) is 0 Å². The number of nitrogens with zero attached hydrogens (tertiary/aromatic N) is 1. The lowest BCUT2D eigenvalue weighted by Gasteiger charge is -2.17. The predicted octanol–water partition coefficient (Wildman–Crippen LogP) is 2.90. The molecule has 0 radical (unpaired) electrons. The van der Waals surface area contributed by atoms with Gasteiger partial charge in [0.2, 0.25) is 17.7 Å². The summed E-state index contributed by atoms with van der Waals surface area (Å²) in [6.45, 7) is -0.461. The highest BCUT2D eigenvalue weighted by molar-refractivity contribution is 7.92. The maximum Gasteiger partial charge on any atom is 0.262 e. The fourth-order valence-corrected chi connectivity index (χ4v) is 6.41. The lowest BCUT2D eigenvalue weighted by Crippen LogP contribution is -2.39. The molecule has 2 bridgehead atoms. The number of carbonyl (C=O) groups is 3. The first-order valence-electron chi connectivity index (χ1n) is 11.0. The molecule has 0 aromatic heterocycles. The van der Waals surface area contributed by atoms with E-state index >= 15 is 0 Å². The fraction of sp³-hybridized carbons (Fsp3) is 0.292. The van der Waals surface area contributed by atoms with E-state index in [4.69, 9.17) is 16.3 Å². The zero-order valence-electron chi connectivity index (χ0n) is 18.6. The van der Waals surface area contributed by atoms with Crippen LogP contribution in [0.25, 0.3) is 0 Å². The molecule has 5 rings (SSSR count). The van der Waals surface area contributed by atoms with Crippen molar-refractivity contribution in [1.29, 1.82) is 0 Å². The summed E-state index contributed by atoms with van der Waals surface area (Å²) in [5, 5.41) is 2.64. The number of anilines is 2. The van der Waals surface area contributed by atoms with Crippen LogP contribution in [0.1, 0.15) is 6.42 Å². The Morgan fingerprint density at radius 2 is 1.71 bits per heavy atom. The van der Waals surface area contributed by atoms with Gasteiger partial charge < -0.3 is 10.1 Å². The number of sulfonamides is 1. The molecule has 1 aliphatic heterocycles. The van der Waals surface area contributed by atoms with E-state index in [-0.39, 0.29) is 44.9 Å². The van der Waals surface area contributed by atoms with Crippen LogP contribution in [-0.4, -0.2) is 44.7 Å². The number of nitrogens with one attached hydrogen (secondary N) is 2. The van der Waals surface area contributed by atoms with Gasteiger partial charge in [-0.1, -0.05) is 35.9 Å². The van der Waals surface area contributed by atoms with Crippen molar-refractivity contribution in [3.8, 4) is 5.75 Å². The predicted molar refractivity (Wildman–Crippen MR) is 128 cm³/mol. The average Bonchev–Trinajstić information content (AvgIpc) is 3.51. The zero-order valence-corrected chi connectivity index (χ0v) is 20.2. The maximum absolute atomic E-state index is 12.9. The number of rotatable bonds is 7.